The van der Waals surface area contributed by atoms with Crippen LogP contribution in [0.4, 0.5) is 0 Å². The summed E-state index contributed by atoms with van der Waals surface area (Å²) in [6, 6.07) is 0. The Hall–Kier alpha value is -0.570. The lowest BCUT2D eigenvalue weighted by atomic mass is 9.88. The highest BCUT2D eigenvalue weighted by Gasteiger charge is 2.42. The fraction of sp³-hybridized carbons (Fsp3) is 0.917. The zero-order chi connectivity index (χ0) is 10.9. The van der Waals surface area contributed by atoms with Crippen LogP contribution in [0.3, 0.4) is 0 Å². The Morgan fingerprint density at radius 1 is 1.47 bits per heavy atom. The number of hydrogen-bond donors (Lipinski definition) is 1. The molecule has 0 aromatic heterocycles. The molecule has 3 nitrogen and oxygen atoms in total. The van der Waals surface area contributed by atoms with E-state index in [0.29, 0.717) is 11.8 Å². The first-order valence-electron chi connectivity index (χ1n) is 6.13. The fourth-order valence-corrected chi connectivity index (χ4v) is 2.67. The van der Waals surface area contributed by atoms with E-state index < -0.39 is 0 Å². The first-order chi connectivity index (χ1) is 7.17. The van der Waals surface area contributed by atoms with Gasteiger partial charge in [0.15, 0.2) is 0 Å². The molecule has 0 aromatic carbocycles. The van der Waals surface area contributed by atoms with E-state index in [4.69, 9.17) is 0 Å². The zero-order valence-corrected chi connectivity index (χ0v) is 9.88. The van der Waals surface area contributed by atoms with Crippen LogP contribution in [0.15, 0.2) is 0 Å². The summed E-state index contributed by atoms with van der Waals surface area (Å²) in [7, 11) is 1.97. The van der Waals surface area contributed by atoms with Crippen LogP contribution < -0.4 is 5.32 Å². The molecule has 2 rings (SSSR count). The van der Waals surface area contributed by atoms with Gasteiger partial charge in [0, 0.05) is 19.0 Å². The zero-order valence-electron chi connectivity index (χ0n) is 9.88. The lowest BCUT2D eigenvalue weighted by Gasteiger charge is -2.45. The monoisotopic (exact) mass is 210 g/mol. The third-order valence-electron chi connectivity index (χ3n) is 3.75. The molecule has 1 N–H and O–H groups in total. The average Bonchev–Trinajstić information content (AvgIpc) is 3.00. The molecular weight excluding hydrogens is 188 g/mol. The minimum atomic E-state index is 0.0622. The van der Waals surface area contributed by atoms with Crippen LogP contribution in [-0.4, -0.2) is 36.5 Å². The second-order valence-electron chi connectivity index (χ2n) is 5.25. The highest BCUT2D eigenvalue weighted by atomic mass is 16.2. The maximum Gasteiger partial charge on any atom is 0.226 e. The molecule has 0 spiro atoms. The Balaban J connectivity index is 2.07. The molecule has 0 radical (unpaired) electrons. The van der Waals surface area contributed by atoms with Crippen molar-refractivity contribution in [1.82, 2.24) is 10.2 Å². The molecule has 1 heterocycles. The second kappa shape index (κ2) is 4.12. The van der Waals surface area contributed by atoms with Gasteiger partial charge in [-0.15, -0.1) is 0 Å². The Labute approximate surface area is 92.2 Å². The predicted molar refractivity (Wildman–Crippen MR) is 60.6 cm³/mol. The Morgan fingerprint density at radius 2 is 2.20 bits per heavy atom. The number of likely N-dealkylation sites (N-methyl/N-ethyl adjacent to an activating group) is 1. The number of piperidine rings is 1. The van der Waals surface area contributed by atoms with Gasteiger partial charge >= 0.3 is 0 Å². The van der Waals surface area contributed by atoms with Gasteiger partial charge in [0.05, 0.1) is 5.54 Å². The van der Waals surface area contributed by atoms with E-state index in [1.807, 2.05) is 7.05 Å². The molecule has 1 amide bonds. The predicted octanol–water partition coefficient (Wildman–Crippen LogP) is 1.39. The molecule has 1 saturated carbocycles. The summed E-state index contributed by atoms with van der Waals surface area (Å²) < 4.78 is 0. The smallest absolute Gasteiger partial charge is 0.226 e. The normalized spacial score (nSPS) is 31.7. The van der Waals surface area contributed by atoms with Crippen LogP contribution in [0.2, 0.25) is 0 Å². The van der Waals surface area contributed by atoms with E-state index in [1.165, 1.54) is 12.8 Å². The molecule has 1 aliphatic heterocycles. The summed E-state index contributed by atoms with van der Waals surface area (Å²) in [5.41, 5.74) is 0.0622. The molecule has 1 unspecified atom stereocenters. The van der Waals surface area contributed by atoms with Crippen molar-refractivity contribution in [3.63, 3.8) is 0 Å². The van der Waals surface area contributed by atoms with E-state index in [0.717, 1.165) is 32.4 Å². The van der Waals surface area contributed by atoms with Gasteiger partial charge in [-0.2, -0.15) is 0 Å². The number of likely N-dealkylation sites (tertiary alicyclic amines) is 1. The number of rotatable bonds is 3. The Morgan fingerprint density at radius 3 is 2.80 bits per heavy atom. The first-order valence-corrected chi connectivity index (χ1v) is 6.13. The lowest BCUT2D eigenvalue weighted by molar-refractivity contribution is -0.140. The van der Waals surface area contributed by atoms with E-state index in [9.17, 15) is 4.79 Å². The molecule has 1 saturated heterocycles. The summed E-state index contributed by atoms with van der Waals surface area (Å²) in [6.45, 7) is 4.11. The molecule has 2 fully saturated rings. The minimum Gasteiger partial charge on any atom is -0.336 e. The number of amides is 1. The van der Waals surface area contributed by atoms with Crippen molar-refractivity contribution >= 4 is 5.91 Å². The number of nitrogens with one attached hydrogen (secondary N) is 1. The van der Waals surface area contributed by atoms with E-state index in [-0.39, 0.29) is 5.54 Å². The summed E-state index contributed by atoms with van der Waals surface area (Å²) >= 11 is 0. The van der Waals surface area contributed by atoms with Crippen LogP contribution in [-0.2, 0) is 4.79 Å². The van der Waals surface area contributed by atoms with Gasteiger partial charge in [-0.1, -0.05) is 0 Å². The standard InChI is InChI=1S/C12H22N2O/c1-12(9-13-2)7-3-4-8-14(12)11(15)10-5-6-10/h10,13H,3-9H2,1-2H3. The van der Waals surface area contributed by atoms with Crippen LogP contribution in [0.25, 0.3) is 0 Å². The Bertz CT molecular complexity index is 246. The largest absolute Gasteiger partial charge is 0.336 e. The summed E-state index contributed by atoms with van der Waals surface area (Å²) in [5, 5.41) is 3.23. The summed E-state index contributed by atoms with van der Waals surface area (Å²) in [6.07, 6.45) is 5.81. The molecule has 1 atom stereocenters. The van der Waals surface area contributed by atoms with Crippen molar-refractivity contribution < 1.29 is 4.79 Å². The van der Waals surface area contributed by atoms with Gasteiger partial charge in [-0.25, -0.2) is 0 Å². The van der Waals surface area contributed by atoms with E-state index in [1.54, 1.807) is 0 Å². The average molecular weight is 210 g/mol. The lowest BCUT2D eigenvalue weighted by Crippen LogP contribution is -2.57. The number of hydrogen-bond acceptors (Lipinski definition) is 2. The maximum atomic E-state index is 12.1. The van der Waals surface area contributed by atoms with E-state index >= 15 is 0 Å². The number of carbonyl (C=O) groups excluding carboxylic acids is 1. The Kier molecular flexibility index (Phi) is 3.01. The van der Waals surface area contributed by atoms with Crippen molar-refractivity contribution in [2.24, 2.45) is 5.92 Å². The third-order valence-corrected chi connectivity index (χ3v) is 3.75. The highest BCUT2D eigenvalue weighted by Crippen LogP contribution is 2.36. The van der Waals surface area contributed by atoms with Crippen LogP contribution >= 0.6 is 0 Å². The van der Waals surface area contributed by atoms with Gasteiger partial charge < -0.3 is 10.2 Å². The fourth-order valence-electron chi connectivity index (χ4n) is 2.67. The molecule has 3 heteroatoms. The molecule has 86 valence electrons. The van der Waals surface area contributed by atoms with Gasteiger partial charge in [0.2, 0.25) is 5.91 Å². The topological polar surface area (TPSA) is 32.3 Å². The molecule has 0 aromatic rings. The number of carbonyl (C=O) groups is 1. The van der Waals surface area contributed by atoms with E-state index in [2.05, 4.69) is 17.1 Å². The molecule has 1 aliphatic carbocycles. The van der Waals surface area contributed by atoms with Crippen molar-refractivity contribution in [2.45, 2.75) is 44.6 Å². The molecule has 2 aliphatic rings. The minimum absolute atomic E-state index is 0.0622. The van der Waals surface area contributed by atoms with Gasteiger partial charge in [0.25, 0.3) is 0 Å². The molecule has 0 bridgehead atoms. The quantitative estimate of drug-likeness (QED) is 0.763. The summed E-state index contributed by atoms with van der Waals surface area (Å²) in [4.78, 5) is 14.3. The SMILES string of the molecule is CNCC1(C)CCCCN1C(=O)C1CC1. The molecule has 15 heavy (non-hydrogen) atoms. The van der Waals surface area contributed by atoms with Crippen LogP contribution in [0, 0.1) is 5.92 Å². The maximum absolute atomic E-state index is 12.1. The molecular formula is C12H22N2O. The van der Waals surface area contributed by atoms with Crippen molar-refractivity contribution in [1.29, 1.82) is 0 Å². The number of nitrogens with zero attached hydrogens (tertiary/aromatic N) is 1. The van der Waals surface area contributed by atoms with Crippen LogP contribution in [0.5, 0.6) is 0 Å². The summed E-state index contributed by atoms with van der Waals surface area (Å²) in [5.74, 6) is 0.770. The van der Waals surface area contributed by atoms with Gasteiger partial charge in [0.1, 0.15) is 0 Å². The first kappa shape index (κ1) is 10.9. The highest BCUT2D eigenvalue weighted by molar-refractivity contribution is 5.81. The van der Waals surface area contributed by atoms with Crippen molar-refractivity contribution in [3.05, 3.63) is 0 Å². The van der Waals surface area contributed by atoms with Crippen LogP contribution in [0.1, 0.15) is 39.0 Å². The van der Waals surface area contributed by atoms with Gasteiger partial charge in [-0.05, 0) is 46.1 Å². The second-order valence-corrected chi connectivity index (χ2v) is 5.25. The third kappa shape index (κ3) is 2.17. The van der Waals surface area contributed by atoms with Gasteiger partial charge in [-0.3, -0.25) is 4.79 Å². The van der Waals surface area contributed by atoms with Crippen molar-refractivity contribution in [3.8, 4) is 0 Å². The van der Waals surface area contributed by atoms with Crippen molar-refractivity contribution in [2.75, 3.05) is 20.1 Å².